The highest BCUT2D eigenvalue weighted by Gasteiger charge is 2.57. The molecule has 0 spiro atoms. The molecule has 1 heterocycles. The Morgan fingerprint density at radius 2 is 1.45 bits per heavy atom. The maximum Gasteiger partial charge on any atom is 0.252 e. The van der Waals surface area contributed by atoms with E-state index < -0.39 is 6.04 Å². The molecule has 5 fully saturated rings. The lowest BCUT2D eigenvalue weighted by atomic mass is 9.47. The van der Waals surface area contributed by atoms with Crippen LogP contribution in [-0.2, 0) is 4.79 Å². The van der Waals surface area contributed by atoms with E-state index in [2.05, 4.69) is 5.32 Å². The fourth-order valence-electron chi connectivity index (χ4n) is 7.28. The minimum atomic E-state index is -0.441. The predicted octanol–water partition coefficient (Wildman–Crippen LogP) is 3.64. The van der Waals surface area contributed by atoms with Gasteiger partial charge in [-0.1, -0.05) is 0 Å². The van der Waals surface area contributed by atoms with Crippen LogP contribution in [0.4, 0.5) is 0 Å². The van der Waals surface area contributed by atoms with E-state index in [4.69, 9.17) is 9.47 Å². The highest BCUT2D eigenvalue weighted by molar-refractivity contribution is 5.98. The molecule has 6 nitrogen and oxygen atoms in total. The molecular formula is C25H34N2O4. The van der Waals surface area contributed by atoms with Gasteiger partial charge in [0.25, 0.3) is 5.91 Å². The zero-order valence-corrected chi connectivity index (χ0v) is 18.7. The van der Waals surface area contributed by atoms with E-state index >= 15 is 0 Å². The van der Waals surface area contributed by atoms with Gasteiger partial charge in [-0.3, -0.25) is 9.59 Å². The van der Waals surface area contributed by atoms with Crippen molar-refractivity contribution in [2.45, 2.75) is 57.4 Å². The van der Waals surface area contributed by atoms with Crippen LogP contribution in [0.5, 0.6) is 11.5 Å². The second-order valence-electron chi connectivity index (χ2n) is 10.3. The number of hydrogen-bond acceptors (Lipinski definition) is 4. The van der Waals surface area contributed by atoms with Gasteiger partial charge in [-0.25, -0.2) is 0 Å². The number of carbonyl (C=O) groups excluding carboxylic acids is 2. The van der Waals surface area contributed by atoms with Crippen molar-refractivity contribution in [1.82, 2.24) is 10.2 Å². The molecule has 4 aliphatic carbocycles. The summed E-state index contributed by atoms with van der Waals surface area (Å²) in [7, 11) is 3.15. The molecule has 4 saturated carbocycles. The summed E-state index contributed by atoms with van der Waals surface area (Å²) in [5, 5.41) is 3.23. The molecule has 0 radical (unpaired) electrons. The van der Waals surface area contributed by atoms with Crippen LogP contribution in [0.1, 0.15) is 61.7 Å². The predicted molar refractivity (Wildman–Crippen MR) is 117 cm³/mol. The first-order valence-corrected chi connectivity index (χ1v) is 11.8. The Balaban J connectivity index is 1.45. The van der Waals surface area contributed by atoms with Gasteiger partial charge in [0.05, 0.1) is 14.2 Å². The van der Waals surface area contributed by atoms with Crippen LogP contribution >= 0.6 is 0 Å². The Morgan fingerprint density at radius 1 is 0.935 bits per heavy atom. The molecular weight excluding hydrogens is 392 g/mol. The van der Waals surface area contributed by atoms with Gasteiger partial charge < -0.3 is 19.7 Å². The van der Waals surface area contributed by atoms with Gasteiger partial charge in [-0.15, -0.1) is 0 Å². The van der Waals surface area contributed by atoms with Gasteiger partial charge in [0.1, 0.15) is 17.5 Å². The third kappa shape index (κ3) is 3.79. The van der Waals surface area contributed by atoms with E-state index in [1.165, 1.54) is 19.3 Å². The molecule has 2 amide bonds. The van der Waals surface area contributed by atoms with Crippen LogP contribution in [0.3, 0.4) is 0 Å². The first-order chi connectivity index (χ1) is 15.0. The first kappa shape index (κ1) is 20.7. The minimum absolute atomic E-state index is 0.0902. The fourth-order valence-corrected chi connectivity index (χ4v) is 7.28. The zero-order chi connectivity index (χ0) is 21.6. The van der Waals surface area contributed by atoms with E-state index in [1.807, 2.05) is 4.90 Å². The van der Waals surface area contributed by atoms with Gasteiger partial charge in [0.2, 0.25) is 5.91 Å². The summed E-state index contributed by atoms with van der Waals surface area (Å²) >= 11 is 0. The van der Waals surface area contributed by atoms with E-state index in [-0.39, 0.29) is 17.2 Å². The number of benzene rings is 1. The lowest BCUT2D eigenvalue weighted by molar-refractivity contribution is -0.143. The van der Waals surface area contributed by atoms with Crippen LogP contribution in [0.15, 0.2) is 18.2 Å². The Bertz CT molecular complexity index is 804. The molecule has 0 aromatic heterocycles. The number of methoxy groups -OCH3 is 2. The Morgan fingerprint density at radius 3 is 1.94 bits per heavy atom. The minimum Gasteiger partial charge on any atom is -0.497 e. The number of amides is 2. The summed E-state index contributed by atoms with van der Waals surface area (Å²) in [5.74, 6) is 3.20. The van der Waals surface area contributed by atoms with Crippen molar-refractivity contribution in [3.8, 4) is 11.5 Å². The summed E-state index contributed by atoms with van der Waals surface area (Å²) in [6, 6.07) is 4.75. The SMILES string of the molecule is COc1cc(OC)cc(C(=O)NC(C(=O)N2CCCC2)C23CC4CC(CC(C4)C2)C3)c1. The molecule has 168 valence electrons. The molecule has 31 heavy (non-hydrogen) atoms. The van der Waals surface area contributed by atoms with Crippen molar-refractivity contribution in [1.29, 1.82) is 0 Å². The van der Waals surface area contributed by atoms with Crippen molar-refractivity contribution in [3.05, 3.63) is 23.8 Å². The molecule has 4 bridgehead atoms. The van der Waals surface area contributed by atoms with Crippen molar-refractivity contribution in [2.24, 2.45) is 23.2 Å². The second-order valence-corrected chi connectivity index (χ2v) is 10.3. The van der Waals surface area contributed by atoms with Crippen LogP contribution in [-0.4, -0.2) is 50.1 Å². The van der Waals surface area contributed by atoms with Crippen LogP contribution < -0.4 is 14.8 Å². The van der Waals surface area contributed by atoms with E-state index in [0.717, 1.165) is 45.2 Å². The summed E-state index contributed by atoms with van der Waals surface area (Å²) in [5.41, 5.74) is 0.382. The smallest absolute Gasteiger partial charge is 0.252 e. The van der Waals surface area contributed by atoms with Crippen molar-refractivity contribution < 1.29 is 19.1 Å². The Labute approximate surface area is 184 Å². The lowest BCUT2D eigenvalue weighted by Gasteiger charge is -2.59. The number of rotatable bonds is 6. The molecule has 6 rings (SSSR count). The topological polar surface area (TPSA) is 67.9 Å². The first-order valence-electron chi connectivity index (χ1n) is 11.8. The molecule has 1 aromatic rings. The fraction of sp³-hybridized carbons (Fsp3) is 0.680. The number of nitrogens with one attached hydrogen (secondary N) is 1. The number of likely N-dealkylation sites (tertiary alicyclic amines) is 1. The average molecular weight is 427 g/mol. The quantitative estimate of drug-likeness (QED) is 0.754. The summed E-state index contributed by atoms with van der Waals surface area (Å²) in [6.07, 6.45) is 9.27. The largest absolute Gasteiger partial charge is 0.497 e. The summed E-state index contributed by atoms with van der Waals surface area (Å²) < 4.78 is 10.7. The van der Waals surface area contributed by atoms with Gasteiger partial charge in [-0.05, 0) is 81.3 Å². The maximum absolute atomic E-state index is 13.7. The van der Waals surface area contributed by atoms with E-state index in [1.54, 1.807) is 32.4 Å². The summed E-state index contributed by atoms with van der Waals surface area (Å²) in [6.45, 7) is 1.62. The molecule has 1 aliphatic heterocycles. The Kier molecular flexibility index (Phi) is 5.35. The van der Waals surface area contributed by atoms with Crippen molar-refractivity contribution in [3.63, 3.8) is 0 Å². The monoisotopic (exact) mass is 426 g/mol. The van der Waals surface area contributed by atoms with Crippen LogP contribution in [0.2, 0.25) is 0 Å². The second kappa shape index (κ2) is 8.03. The lowest BCUT2D eigenvalue weighted by Crippen LogP contribution is -2.62. The highest BCUT2D eigenvalue weighted by Crippen LogP contribution is 2.61. The molecule has 1 aromatic carbocycles. The van der Waals surface area contributed by atoms with Crippen molar-refractivity contribution in [2.75, 3.05) is 27.3 Å². The number of nitrogens with zero attached hydrogens (tertiary/aromatic N) is 1. The van der Waals surface area contributed by atoms with Crippen LogP contribution in [0.25, 0.3) is 0 Å². The zero-order valence-electron chi connectivity index (χ0n) is 18.7. The molecule has 1 saturated heterocycles. The Hall–Kier alpha value is -2.24. The van der Waals surface area contributed by atoms with E-state index in [9.17, 15) is 9.59 Å². The maximum atomic E-state index is 13.7. The van der Waals surface area contributed by atoms with Gasteiger partial charge >= 0.3 is 0 Å². The summed E-state index contributed by atoms with van der Waals surface area (Å²) in [4.78, 5) is 29.1. The molecule has 1 atom stereocenters. The van der Waals surface area contributed by atoms with E-state index in [0.29, 0.717) is 34.8 Å². The number of carbonyl (C=O) groups is 2. The van der Waals surface area contributed by atoms with Gasteiger partial charge in [0, 0.05) is 30.1 Å². The molecule has 1 N–H and O–H groups in total. The number of hydrogen-bond donors (Lipinski definition) is 1. The molecule has 5 aliphatic rings. The third-order valence-corrected chi connectivity index (χ3v) is 8.25. The number of ether oxygens (including phenoxy) is 2. The van der Waals surface area contributed by atoms with Gasteiger partial charge in [-0.2, -0.15) is 0 Å². The average Bonchev–Trinajstić information content (AvgIpc) is 3.30. The van der Waals surface area contributed by atoms with Crippen LogP contribution in [0, 0.1) is 23.2 Å². The standard InChI is InChI=1S/C25H34N2O4/c1-30-20-10-19(11-21(12-20)31-2)23(28)26-22(24(29)27-5-3-4-6-27)25-13-16-7-17(14-25)9-18(8-16)15-25/h10-12,16-18,22H,3-9,13-15H2,1-2H3,(H,26,28). The highest BCUT2D eigenvalue weighted by atomic mass is 16.5. The molecule has 1 unspecified atom stereocenters. The normalized spacial score (nSPS) is 32.1. The third-order valence-electron chi connectivity index (χ3n) is 8.25. The molecule has 6 heteroatoms. The van der Waals surface area contributed by atoms with Gasteiger partial charge in [0.15, 0.2) is 0 Å². The van der Waals surface area contributed by atoms with Crippen molar-refractivity contribution >= 4 is 11.8 Å².